The lowest BCUT2D eigenvalue weighted by molar-refractivity contribution is -0.0368. The van der Waals surface area contributed by atoms with Crippen molar-refractivity contribution in [2.24, 2.45) is 0 Å². The number of hydrogen-bond acceptors (Lipinski definition) is 6. The lowest BCUT2D eigenvalue weighted by atomic mass is 10.0. The zero-order chi connectivity index (χ0) is 19.0. The van der Waals surface area contributed by atoms with E-state index in [1.807, 2.05) is 6.07 Å². The highest BCUT2D eigenvalue weighted by atomic mass is 35.5. The molecule has 1 aliphatic heterocycles. The van der Waals surface area contributed by atoms with Crippen molar-refractivity contribution in [1.29, 1.82) is 5.26 Å². The molecule has 0 amide bonds. The first-order valence-electron chi connectivity index (χ1n) is 9.02. The van der Waals surface area contributed by atoms with Crippen molar-refractivity contribution in [3.8, 4) is 17.5 Å². The zero-order valence-electron chi connectivity index (χ0n) is 15.2. The van der Waals surface area contributed by atoms with Crippen molar-refractivity contribution in [2.45, 2.75) is 45.3 Å². The second kappa shape index (κ2) is 7.22. The fraction of sp³-hybridized carbons (Fsp3) is 0.421. The lowest BCUT2D eigenvalue weighted by Gasteiger charge is -2.23. The second-order valence-corrected chi connectivity index (χ2v) is 7.23. The SMILES string of the molecule is CC(C)c1cnc(Cl)nc1-c1nn(C2CCCCO2)c2nc(C#N)ccc12. The first-order chi connectivity index (χ1) is 13.1. The maximum Gasteiger partial charge on any atom is 0.222 e. The molecule has 8 heteroatoms. The van der Waals surface area contributed by atoms with Gasteiger partial charge in [-0.2, -0.15) is 10.4 Å². The van der Waals surface area contributed by atoms with Gasteiger partial charge in [0.25, 0.3) is 0 Å². The molecule has 4 heterocycles. The summed E-state index contributed by atoms with van der Waals surface area (Å²) in [4.78, 5) is 13.1. The van der Waals surface area contributed by atoms with Crippen LogP contribution in [0.25, 0.3) is 22.4 Å². The van der Waals surface area contributed by atoms with Crippen LogP contribution in [0.1, 0.15) is 56.5 Å². The zero-order valence-corrected chi connectivity index (χ0v) is 15.9. The van der Waals surface area contributed by atoms with Crippen LogP contribution in [0, 0.1) is 11.3 Å². The highest BCUT2D eigenvalue weighted by molar-refractivity contribution is 6.28. The molecule has 3 aromatic heterocycles. The van der Waals surface area contributed by atoms with Gasteiger partial charge in [0, 0.05) is 23.8 Å². The number of nitrogens with zero attached hydrogens (tertiary/aromatic N) is 6. The third-order valence-corrected chi connectivity index (χ3v) is 4.91. The van der Waals surface area contributed by atoms with E-state index in [1.165, 1.54) is 0 Å². The average molecular weight is 383 g/mol. The van der Waals surface area contributed by atoms with Crippen molar-refractivity contribution in [3.63, 3.8) is 0 Å². The topological polar surface area (TPSA) is 89.5 Å². The van der Waals surface area contributed by atoms with Gasteiger partial charge in [-0.25, -0.2) is 19.6 Å². The summed E-state index contributed by atoms with van der Waals surface area (Å²) in [6.07, 6.45) is 4.51. The minimum absolute atomic E-state index is 0.174. The fourth-order valence-corrected chi connectivity index (χ4v) is 3.49. The van der Waals surface area contributed by atoms with E-state index in [4.69, 9.17) is 21.4 Å². The average Bonchev–Trinajstić information content (AvgIpc) is 3.07. The number of ether oxygens (including phenoxy) is 1. The molecule has 1 aliphatic rings. The van der Waals surface area contributed by atoms with Crippen LogP contribution in [0.5, 0.6) is 0 Å². The normalized spacial score (nSPS) is 17.4. The number of fused-ring (bicyclic) bond motifs is 1. The molecule has 0 spiro atoms. The molecular weight excluding hydrogens is 364 g/mol. The van der Waals surface area contributed by atoms with Crippen LogP contribution in [-0.4, -0.2) is 31.3 Å². The molecule has 1 saturated heterocycles. The van der Waals surface area contributed by atoms with Gasteiger partial charge in [-0.05, 0) is 48.9 Å². The first-order valence-corrected chi connectivity index (χ1v) is 9.40. The Labute approximate surface area is 162 Å². The number of halogens is 1. The fourth-order valence-electron chi connectivity index (χ4n) is 3.35. The molecule has 7 nitrogen and oxygen atoms in total. The van der Waals surface area contributed by atoms with E-state index < -0.39 is 0 Å². The molecule has 0 radical (unpaired) electrons. The van der Waals surface area contributed by atoms with Crippen LogP contribution < -0.4 is 0 Å². The molecule has 1 atom stereocenters. The molecule has 0 N–H and O–H groups in total. The summed E-state index contributed by atoms with van der Waals surface area (Å²) >= 11 is 6.09. The number of pyridine rings is 1. The van der Waals surface area contributed by atoms with Gasteiger partial charge in [0.2, 0.25) is 5.28 Å². The molecule has 1 fully saturated rings. The van der Waals surface area contributed by atoms with Crippen LogP contribution in [0.15, 0.2) is 18.3 Å². The molecule has 1 unspecified atom stereocenters. The van der Waals surface area contributed by atoms with Crippen LogP contribution >= 0.6 is 11.6 Å². The molecule has 0 saturated carbocycles. The highest BCUT2D eigenvalue weighted by Crippen LogP contribution is 2.34. The molecule has 0 bridgehead atoms. The molecular formula is C19H19ClN6O. The van der Waals surface area contributed by atoms with E-state index in [9.17, 15) is 5.26 Å². The van der Waals surface area contributed by atoms with Crippen LogP contribution in [0.4, 0.5) is 0 Å². The number of hydrogen-bond donors (Lipinski definition) is 0. The molecule has 3 aromatic rings. The van der Waals surface area contributed by atoms with Crippen molar-refractivity contribution in [2.75, 3.05) is 6.61 Å². The predicted molar refractivity (Wildman–Crippen MR) is 101 cm³/mol. The van der Waals surface area contributed by atoms with Crippen molar-refractivity contribution in [1.82, 2.24) is 24.7 Å². The number of nitriles is 1. The molecule has 0 aliphatic carbocycles. The summed E-state index contributed by atoms with van der Waals surface area (Å²) in [6, 6.07) is 5.65. The Hall–Kier alpha value is -2.56. The Morgan fingerprint density at radius 1 is 1.26 bits per heavy atom. The monoisotopic (exact) mass is 382 g/mol. The quantitative estimate of drug-likeness (QED) is 0.629. The predicted octanol–water partition coefficient (Wildman–Crippen LogP) is 4.24. The van der Waals surface area contributed by atoms with E-state index in [2.05, 4.69) is 34.9 Å². The lowest BCUT2D eigenvalue weighted by Crippen LogP contribution is -2.19. The van der Waals surface area contributed by atoms with Gasteiger partial charge >= 0.3 is 0 Å². The van der Waals surface area contributed by atoms with E-state index in [-0.39, 0.29) is 17.4 Å². The summed E-state index contributed by atoms with van der Waals surface area (Å²) in [5, 5.41) is 15.1. The van der Waals surface area contributed by atoms with Gasteiger partial charge in [-0.1, -0.05) is 13.8 Å². The minimum Gasteiger partial charge on any atom is -0.356 e. The van der Waals surface area contributed by atoms with Gasteiger partial charge in [0.15, 0.2) is 11.9 Å². The van der Waals surface area contributed by atoms with E-state index in [0.717, 1.165) is 30.2 Å². The summed E-state index contributed by atoms with van der Waals surface area (Å²) in [6.45, 7) is 4.84. The van der Waals surface area contributed by atoms with E-state index >= 15 is 0 Å². The Morgan fingerprint density at radius 2 is 2.11 bits per heavy atom. The Balaban J connectivity index is 1.97. The largest absolute Gasteiger partial charge is 0.356 e. The number of rotatable bonds is 3. The van der Waals surface area contributed by atoms with Gasteiger partial charge in [-0.15, -0.1) is 0 Å². The smallest absolute Gasteiger partial charge is 0.222 e. The first kappa shape index (κ1) is 17.8. The highest BCUT2D eigenvalue weighted by Gasteiger charge is 2.25. The summed E-state index contributed by atoms with van der Waals surface area (Å²) in [5.74, 6) is 0.203. The third-order valence-electron chi connectivity index (χ3n) is 4.73. The van der Waals surface area contributed by atoms with Gasteiger partial charge in [-0.3, -0.25) is 0 Å². The van der Waals surface area contributed by atoms with E-state index in [0.29, 0.717) is 29.3 Å². The van der Waals surface area contributed by atoms with Gasteiger partial charge in [0.05, 0.1) is 5.69 Å². The molecule has 0 aromatic carbocycles. The Bertz CT molecular complexity index is 1030. The summed E-state index contributed by atoms with van der Waals surface area (Å²) < 4.78 is 7.70. The van der Waals surface area contributed by atoms with Crippen LogP contribution in [-0.2, 0) is 4.74 Å². The third kappa shape index (κ3) is 3.27. The summed E-state index contributed by atoms with van der Waals surface area (Å²) in [7, 11) is 0. The molecule has 4 rings (SSSR count). The van der Waals surface area contributed by atoms with Crippen LogP contribution in [0.2, 0.25) is 5.28 Å². The Morgan fingerprint density at radius 3 is 2.81 bits per heavy atom. The van der Waals surface area contributed by atoms with Crippen molar-refractivity contribution < 1.29 is 4.74 Å². The maximum atomic E-state index is 9.26. The van der Waals surface area contributed by atoms with Crippen molar-refractivity contribution in [3.05, 3.63) is 34.9 Å². The summed E-state index contributed by atoms with van der Waals surface area (Å²) in [5.41, 5.74) is 3.30. The van der Waals surface area contributed by atoms with Gasteiger partial charge in [0.1, 0.15) is 17.5 Å². The standard InChI is InChI=1S/C19H19ClN6O/c1-11(2)14-10-22-19(20)24-16(14)17-13-7-6-12(9-21)23-18(13)26(25-17)15-5-3-4-8-27-15/h6-7,10-11,15H,3-5,8H2,1-2H3. The van der Waals surface area contributed by atoms with Crippen LogP contribution in [0.3, 0.4) is 0 Å². The molecule has 27 heavy (non-hydrogen) atoms. The number of aromatic nitrogens is 5. The van der Waals surface area contributed by atoms with E-state index in [1.54, 1.807) is 16.9 Å². The Kier molecular flexibility index (Phi) is 4.77. The molecule has 138 valence electrons. The van der Waals surface area contributed by atoms with Crippen molar-refractivity contribution >= 4 is 22.6 Å². The second-order valence-electron chi connectivity index (χ2n) is 6.89. The minimum atomic E-state index is -0.198. The van der Waals surface area contributed by atoms with Gasteiger partial charge < -0.3 is 4.74 Å². The maximum absolute atomic E-state index is 9.26.